The summed E-state index contributed by atoms with van der Waals surface area (Å²) in [5.74, 6) is -0.888. The van der Waals surface area contributed by atoms with Gasteiger partial charge in [0.1, 0.15) is 11.6 Å². The molecule has 0 saturated carbocycles. The molecule has 2 N–H and O–H groups in total. The van der Waals surface area contributed by atoms with Gasteiger partial charge in [-0.05, 0) is 22.0 Å². The molecule has 0 bridgehead atoms. The SMILES string of the molecule is COc1cc(Br)c(F)cc1NCCC(=O)O. The van der Waals surface area contributed by atoms with Crippen molar-refractivity contribution in [3.63, 3.8) is 0 Å². The van der Waals surface area contributed by atoms with Crippen LogP contribution in [0.15, 0.2) is 16.6 Å². The predicted molar refractivity (Wildman–Crippen MR) is 61.4 cm³/mol. The molecule has 0 aliphatic heterocycles. The lowest BCUT2D eigenvalue weighted by atomic mass is 10.2. The Morgan fingerprint density at radius 2 is 2.31 bits per heavy atom. The van der Waals surface area contributed by atoms with Crippen molar-refractivity contribution in [3.8, 4) is 5.75 Å². The van der Waals surface area contributed by atoms with E-state index in [9.17, 15) is 9.18 Å². The topological polar surface area (TPSA) is 58.6 Å². The monoisotopic (exact) mass is 291 g/mol. The first kappa shape index (κ1) is 12.8. The lowest BCUT2D eigenvalue weighted by molar-refractivity contribution is -0.136. The van der Waals surface area contributed by atoms with Crippen molar-refractivity contribution in [1.29, 1.82) is 0 Å². The van der Waals surface area contributed by atoms with Gasteiger partial charge in [0.05, 0.1) is 23.7 Å². The van der Waals surface area contributed by atoms with Gasteiger partial charge in [0, 0.05) is 12.6 Å². The van der Waals surface area contributed by atoms with Crippen molar-refractivity contribution in [2.75, 3.05) is 19.0 Å². The highest BCUT2D eigenvalue weighted by atomic mass is 79.9. The average Bonchev–Trinajstić information content (AvgIpc) is 2.22. The fourth-order valence-corrected chi connectivity index (χ4v) is 1.46. The minimum Gasteiger partial charge on any atom is -0.495 e. The second-order valence-corrected chi connectivity index (χ2v) is 3.89. The van der Waals surface area contributed by atoms with Crippen LogP contribution in [0.3, 0.4) is 0 Å². The number of rotatable bonds is 5. The highest BCUT2D eigenvalue weighted by molar-refractivity contribution is 9.10. The molecule has 0 aliphatic carbocycles. The first-order valence-corrected chi connectivity index (χ1v) is 5.32. The number of carbonyl (C=O) groups is 1. The second kappa shape index (κ2) is 5.69. The molecule has 0 spiro atoms. The first-order chi connectivity index (χ1) is 7.54. The number of methoxy groups -OCH3 is 1. The quantitative estimate of drug-likeness (QED) is 0.875. The van der Waals surface area contributed by atoms with Gasteiger partial charge in [0.15, 0.2) is 0 Å². The average molecular weight is 292 g/mol. The summed E-state index contributed by atoms with van der Waals surface area (Å²) in [5.41, 5.74) is 0.435. The number of carboxylic acid groups (broad SMARTS) is 1. The third-order valence-electron chi connectivity index (χ3n) is 1.90. The molecule has 0 amide bonds. The normalized spacial score (nSPS) is 9.94. The van der Waals surface area contributed by atoms with E-state index >= 15 is 0 Å². The minimum absolute atomic E-state index is 0.0408. The van der Waals surface area contributed by atoms with E-state index < -0.39 is 11.8 Å². The van der Waals surface area contributed by atoms with Gasteiger partial charge in [0.25, 0.3) is 0 Å². The molecular formula is C10H11BrFNO3. The number of nitrogens with one attached hydrogen (secondary N) is 1. The summed E-state index contributed by atoms with van der Waals surface area (Å²) in [7, 11) is 1.46. The molecule has 0 atom stereocenters. The van der Waals surface area contributed by atoms with Gasteiger partial charge in [0.2, 0.25) is 0 Å². The molecule has 0 unspecified atom stereocenters. The van der Waals surface area contributed by atoms with Gasteiger partial charge in [-0.3, -0.25) is 4.79 Å². The van der Waals surface area contributed by atoms with Crippen LogP contribution in [0.4, 0.5) is 10.1 Å². The number of hydrogen-bond acceptors (Lipinski definition) is 3. The number of ether oxygens (including phenoxy) is 1. The largest absolute Gasteiger partial charge is 0.495 e. The molecular weight excluding hydrogens is 281 g/mol. The molecule has 1 aromatic rings. The second-order valence-electron chi connectivity index (χ2n) is 3.04. The summed E-state index contributed by atoms with van der Waals surface area (Å²) in [5, 5.41) is 11.3. The van der Waals surface area contributed by atoms with Crippen LogP contribution in [0, 0.1) is 5.82 Å². The molecule has 0 fully saturated rings. The fraction of sp³-hybridized carbons (Fsp3) is 0.300. The van der Waals surface area contributed by atoms with Crippen LogP contribution in [-0.4, -0.2) is 24.7 Å². The maximum Gasteiger partial charge on any atom is 0.305 e. The number of halogens is 2. The van der Waals surface area contributed by atoms with E-state index in [1.807, 2.05) is 0 Å². The van der Waals surface area contributed by atoms with E-state index in [4.69, 9.17) is 9.84 Å². The summed E-state index contributed by atoms with van der Waals surface area (Å²) in [4.78, 5) is 10.3. The van der Waals surface area contributed by atoms with Gasteiger partial charge in [-0.15, -0.1) is 0 Å². The number of benzene rings is 1. The van der Waals surface area contributed by atoms with Crippen molar-refractivity contribution >= 4 is 27.6 Å². The van der Waals surface area contributed by atoms with Crippen LogP contribution in [0.5, 0.6) is 5.75 Å². The van der Waals surface area contributed by atoms with Crippen molar-refractivity contribution in [2.45, 2.75) is 6.42 Å². The zero-order valence-corrected chi connectivity index (χ0v) is 10.2. The summed E-state index contributed by atoms with van der Waals surface area (Å²) >= 11 is 3.04. The Kier molecular flexibility index (Phi) is 4.54. The highest BCUT2D eigenvalue weighted by Crippen LogP contribution is 2.30. The summed E-state index contributed by atoms with van der Waals surface area (Å²) in [6.45, 7) is 0.215. The van der Waals surface area contributed by atoms with Crippen LogP contribution in [0.1, 0.15) is 6.42 Å². The molecule has 0 heterocycles. The van der Waals surface area contributed by atoms with Gasteiger partial charge in [-0.25, -0.2) is 4.39 Å². The molecule has 0 aromatic heterocycles. The molecule has 0 radical (unpaired) electrons. The van der Waals surface area contributed by atoms with E-state index in [1.165, 1.54) is 19.2 Å². The summed E-state index contributed by atoms with van der Waals surface area (Å²) in [6, 6.07) is 2.74. The predicted octanol–water partition coefficient (Wildman–Crippen LogP) is 2.48. The van der Waals surface area contributed by atoms with Crippen molar-refractivity contribution in [1.82, 2.24) is 0 Å². The van der Waals surface area contributed by atoms with Crippen LogP contribution >= 0.6 is 15.9 Å². The number of aliphatic carboxylic acids is 1. The standard InChI is InChI=1S/C10H11BrFNO3/c1-16-9-4-6(11)7(12)5-8(9)13-3-2-10(14)15/h4-5,13H,2-3H2,1H3,(H,14,15). The first-order valence-electron chi connectivity index (χ1n) is 4.53. The van der Waals surface area contributed by atoms with E-state index in [-0.39, 0.29) is 13.0 Å². The van der Waals surface area contributed by atoms with Crippen molar-refractivity contribution in [3.05, 3.63) is 22.4 Å². The van der Waals surface area contributed by atoms with Crippen LogP contribution < -0.4 is 10.1 Å². The van der Waals surface area contributed by atoms with Crippen LogP contribution in [0.2, 0.25) is 0 Å². The molecule has 4 nitrogen and oxygen atoms in total. The smallest absolute Gasteiger partial charge is 0.305 e. The van der Waals surface area contributed by atoms with E-state index in [2.05, 4.69) is 21.2 Å². The summed E-state index contributed by atoms with van der Waals surface area (Å²) in [6.07, 6.45) is -0.0408. The number of carboxylic acids is 1. The molecule has 6 heteroatoms. The van der Waals surface area contributed by atoms with Gasteiger partial charge in [-0.1, -0.05) is 0 Å². The van der Waals surface area contributed by atoms with Crippen molar-refractivity contribution < 1.29 is 19.0 Å². The number of anilines is 1. The van der Waals surface area contributed by atoms with E-state index in [0.717, 1.165) is 0 Å². The Bertz CT molecular complexity index is 398. The molecule has 88 valence electrons. The Labute approximate surface area is 101 Å². The summed E-state index contributed by atoms with van der Waals surface area (Å²) < 4.78 is 18.6. The van der Waals surface area contributed by atoms with Gasteiger partial charge >= 0.3 is 5.97 Å². The third kappa shape index (κ3) is 3.37. The zero-order valence-electron chi connectivity index (χ0n) is 8.59. The van der Waals surface area contributed by atoms with Crippen molar-refractivity contribution in [2.24, 2.45) is 0 Å². The van der Waals surface area contributed by atoms with E-state index in [0.29, 0.717) is 15.9 Å². The molecule has 16 heavy (non-hydrogen) atoms. The Hall–Kier alpha value is -1.30. The Balaban J connectivity index is 2.77. The Morgan fingerprint density at radius 1 is 1.62 bits per heavy atom. The van der Waals surface area contributed by atoms with Crippen LogP contribution in [-0.2, 0) is 4.79 Å². The number of hydrogen-bond donors (Lipinski definition) is 2. The lowest BCUT2D eigenvalue weighted by Crippen LogP contribution is -2.08. The minimum atomic E-state index is -0.913. The maximum atomic E-state index is 13.2. The third-order valence-corrected chi connectivity index (χ3v) is 2.50. The maximum absolute atomic E-state index is 13.2. The van der Waals surface area contributed by atoms with Crippen LogP contribution in [0.25, 0.3) is 0 Å². The van der Waals surface area contributed by atoms with Gasteiger partial charge in [-0.2, -0.15) is 0 Å². The zero-order chi connectivity index (χ0) is 12.1. The molecule has 0 aliphatic rings. The molecule has 1 rings (SSSR count). The van der Waals surface area contributed by atoms with E-state index in [1.54, 1.807) is 0 Å². The Morgan fingerprint density at radius 3 is 2.88 bits per heavy atom. The van der Waals surface area contributed by atoms with Gasteiger partial charge < -0.3 is 15.2 Å². The molecule has 1 aromatic carbocycles. The molecule has 0 saturated heterocycles. The fourth-order valence-electron chi connectivity index (χ4n) is 1.14. The highest BCUT2D eigenvalue weighted by Gasteiger charge is 2.08. The lowest BCUT2D eigenvalue weighted by Gasteiger charge is -2.11.